The quantitative estimate of drug-likeness (QED) is 0.0458. The molecule has 4 N–H and O–H groups in total. The number of hydrogen-bond donors (Lipinski definition) is 4. The molecule has 0 spiro atoms. The normalized spacial score (nSPS) is 12.9. The van der Waals surface area contributed by atoms with Crippen molar-refractivity contribution in [2.75, 3.05) is 26.4 Å². The third-order valence-corrected chi connectivity index (χ3v) is 15.4. The van der Waals surface area contributed by atoms with Crippen molar-refractivity contribution < 1.29 is 58.6 Å². The fourth-order valence-electron chi connectivity index (χ4n) is 10.1. The van der Waals surface area contributed by atoms with Crippen LogP contribution in [-0.2, 0) is 102 Å². The lowest BCUT2D eigenvalue weighted by atomic mass is 9.78. The van der Waals surface area contributed by atoms with Crippen LogP contribution < -0.4 is 0 Å². The lowest BCUT2D eigenvalue weighted by Crippen LogP contribution is -2.44. The maximum atomic E-state index is 14.1. The molecule has 0 saturated heterocycles. The maximum absolute atomic E-state index is 14.1. The van der Waals surface area contributed by atoms with Gasteiger partial charge in [-0.2, -0.15) is 0 Å². The van der Waals surface area contributed by atoms with E-state index in [1.165, 1.54) is 0 Å². The Labute approximate surface area is 504 Å². The van der Waals surface area contributed by atoms with Gasteiger partial charge < -0.3 is 39.4 Å². The van der Waals surface area contributed by atoms with Crippen molar-refractivity contribution in [1.82, 2.24) is 0 Å². The van der Waals surface area contributed by atoms with E-state index in [2.05, 4.69) is 6.58 Å². The number of aromatic hydroxyl groups is 4. The van der Waals surface area contributed by atoms with Gasteiger partial charge in [-0.05, 0) is 138 Å². The van der Waals surface area contributed by atoms with Crippen LogP contribution in [0.5, 0.6) is 23.0 Å². The highest BCUT2D eigenvalue weighted by Crippen LogP contribution is 2.44. The second-order valence-corrected chi connectivity index (χ2v) is 30.8. The Morgan fingerprint density at radius 2 is 0.512 bits per heavy atom. The highest BCUT2D eigenvalue weighted by atomic mass is 16.6. The van der Waals surface area contributed by atoms with Crippen LogP contribution >= 0.6 is 0 Å². The van der Waals surface area contributed by atoms with Crippen molar-refractivity contribution in [3.63, 3.8) is 0 Å². The average molecular weight is 1160 g/mol. The van der Waals surface area contributed by atoms with Crippen molar-refractivity contribution in [2.24, 2.45) is 5.41 Å². The zero-order valence-electron chi connectivity index (χ0n) is 55.4. The van der Waals surface area contributed by atoms with Gasteiger partial charge in [0, 0.05) is 36.8 Å². The summed E-state index contributed by atoms with van der Waals surface area (Å²) < 4.78 is 24.3. The summed E-state index contributed by atoms with van der Waals surface area (Å²) >= 11 is 0. The van der Waals surface area contributed by atoms with E-state index in [1.807, 2.05) is 201 Å². The van der Waals surface area contributed by atoms with Crippen molar-refractivity contribution in [3.8, 4) is 23.0 Å². The second kappa shape index (κ2) is 26.5. The molecular formula is C72H104O12. The smallest absolute Gasteiger partial charge is 0.306 e. The maximum Gasteiger partial charge on any atom is 0.306 e. The number of carbonyl (C=O) groups excluding carboxylic acids is 4. The highest BCUT2D eigenvalue weighted by molar-refractivity contribution is 5.73. The molecule has 0 amide bonds. The monoisotopic (exact) mass is 1160 g/mol. The van der Waals surface area contributed by atoms with Crippen LogP contribution in [0.2, 0.25) is 0 Å². The SMILES string of the molecule is C=C(C)c1cc(CCC(=O)OCC(COC(=O)CCc2cc(C(C)(C)C)c(O)c(C(C)(C)C)c2)(COC(=O)CCc2cc(C(C)(C)C)c(O)c(C(C)(C)C)c2)COC(=O)CCc2cc(C(C)(C)C)c(O)c(C(C)(C)C)c2)cc(C(C)(C)C)c1O. The fraction of sp³-hybridized carbons (Fsp3) is 0.583. The first-order valence-corrected chi connectivity index (χ1v) is 29.9. The van der Waals surface area contributed by atoms with Gasteiger partial charge in [0.2, 0.25) is 0 Å². The van der Waals surface area contributed by atoms with Crippen LogP contribution in [-0.4, -0.2) is 70.7 Å². The molecule has 0 aliphatic rings. The Morgan fingerprint density at radius 1 is 0.333 bits per heavy atom. The van der Waals surface area contributed by atoms with Crippen LogP contribution in [0.3, 0.4) is 0 Å². The number of allylic oxidation sites excluding steroid dienone is 1. The van der Waals surface area contributed by atoms with Gasteiger partial charge in [0.05, 0.1) is 0 Å². The first-order chi connectivity index (χ1) is 38.1. The molecular weight excluding hydrogens is 1060 g/mol. The number of benzene rings is 4. The van der Waals surface area contributed by atoms with E-state index in [0.717, 1.165) is 55.6 Å². The predicted molar refractivity (Wildman–Crippen MR) is 338 cm³/mol. The van der Waals surface area contributed by atoms with E-state index in [4.69, 9.17) is 18.9 Å². The third kappa shape index (κ3) is 19.4. The lowest BCUT2D eigenvalue weighted by Gasteiger charge is -2.32. The van der Waals surface area contributed by atoms with Gasteiger partial charge in [-0.3, -0.25) is 19.2 Å². The van der Waals surface area contributed by atoms with Gasteiger partial charge in [0.15, 0.2) is 0 Å². The number of hydrogen-bond acceptors (Lipinski definition) is 12. The Kier molecular flexibility index (Phi) is 22.2. The minimum Gasteiger partial charge on any atom is -0.507 e. The molecule has 0 aromatic heterocycles. The summed E-state index contributed by atoms with van der Waals surface area (Å²) in [4.78, 5) is 56.2. The summed E-state index contributed by atoms with van der Waals surface area (Å²) in [6.45, 7) is 46.4. The first kappa shape index (κ1) is 70.2. The van der Waals surface area contributed by atoms with Gasteiger partial charge >= 0.3 is 23.9 Å². The standard InChI is InChI=1S/C72H104O12/c1-44(2)49-32-45(33-50(61(49)77)65(3,4)5)24-28-57(73)81-40-72(41-82-58(74)29-25-46-34-51(66(6,7)8)62(78)52(35-46)67(9,10)11,42-83-59(75)30-26-47-36-53(68(12,13)14)63(79)54(37-47)69(15,16)17)43-84-60(76)31-27-48-38-55(70(18,19)20)64(80)56(39-48)71(21,22)23/h32-39,77-80H,1,24-31,40-43H2,2-23H3. The van der Waals surface area contributed by atoms with Crippen LogP contribution in [0.4, 0.5) is 0 Å². The summed E-state index contributed by atoms with van der Waals surface area (Å²) in [5.41, 5.74) is 5.33. The van der Waals surface area contributed by atoms with E-state index in [-0.39, 0.29) is 74.4 Å². The molecule has 4 rings (SSSR count). The van der Waals surface area contributed by atoms with Gasteiger partial charge in [0.1, 0.15) is 54.8 Å². The Balaban J connectivity index is 1.75. The Hall–Kier alpha value is -6.30. The van der Waals surface area contributed by atoms with Crippen LogP contribution in [0.1, 0.15) is 245 Å². The van der Waals surface area contributed by atoms with E-state index in [0.29, 0.717) is 16.7 Å². The molecule has 4 aromatic carbocycles. The van der Waals surface area contributed by atoms with Gasteiger partial charge in [-0.25, -0.2) is 0 Å². The van der Waals surface area contributed by atoms with Crippen LogP contribution in [0.15, 0.2) is 55.1 Å². The van der Waals surface area contributed by atoms with Crippen molar-refractivity contribution in [1.29, 1.82) is 0 Å². The summed E-state index contributed by atoms with van der Waals surface area (Å²) in [6.07, 6.45) is 0.777. The molecule has 0 aliphatic heterocycles. The molecule has 0 fully saturated rings. The zero-order valence-corrected chi connectivity index (χ0v) is 55.4. The van der Waals surface area contributed by atoms with Crippen molar-refractivity contribution >= 4 is 29.5 Å². The largest absolute Gasteiger partial charge is 0.507 e. The first-order valence-electron chi connectivity index (χ1n) is 29.9. The van der Waals surface area contributed by atoms with Crippen molar-refractivity contribution in [2.45, 2.75) is 242 Å². The van der Waals surface area contributed by atoms with Crippen LogP contribution in [0, 0.1) is 5.41 Å². The van der Waals surface area contributed by atoms with Gasteiger partial charge in [0.25, 0.3) is 0 Å². The molecule has 0 atom stereocenters. The fourth-order valence-corrected chi connectivity index (χ4v) is 10.1. The van der Waals surface area contributed by atoms with Crippen molar-refractivity contribution in [3.05, 3.63) is 122 Å². The summed E-state index contributed by atoms with van der Waals surface area (Å²) in [7, 11) is 0. The molecule has 12 heteroatoms. The second-order valence-electron chi connectivity index (χ2n) is 30.8. The molecule has 0 saturated carbocycles. The topological polar surface area (TPSA) is 186 Å². The minimum absolute atomic E-state index is 0.0672. The number of rotatable bonds is 21. The molecule has 0 aliphatic carbocycles. The molecule has 464 valence electrons. The van der Waals surface area contributed by atoms with E-state index in [1.54, 1.807) is 0 Å². The number of esters is 4. The third-order valence-electron chi connectivity index (χ3n) is 15.4. The predicted octanol–water partition coefficient (Wildman–Crippen LogP) is 15.6. The van der Waals surface area contributed by atoms with Gasteiger partial charge in [-0.15, -0.1) is 0 Å². The number of phenols is 4. The minimum atomic E-state index is -1.59. The average Bonchev–Trinajstić information content (AvgIpc) is 2.41. The van der Waals surface area contributed by atoms with Gasteiger partial charge in [-0.1, -0.05) is 194 Å². The van der Waals surface area contributed by atoms with E-state index in [9.17, 15) is 39.6 Å². The molecule has 0 radical (unpaired) electrons. The molecule has 0 bridgehead atoms. The highest BCUT2D eigenvalue weighted by Gasteiger charge is 2.39. The Bertz CT molecular complexity index is 2680. The molecule has 0 heterocycles. The lowest BCUT2D eigenvalue weighted by molar-refractivity contribution is -0.170. The summed E-state index contributed by atoms with van der Waals surface area (Å²) in [5, 5.41) is 45.4. The number of aryl methyl sites for hydroxylation is 4. The van der Waals surface area contributed by atoms with Crippen LogP contribution in [0.25, 0.3) is 5.57 Å². The molecule has 4 aromatic rings. The number of phenolic OH excluding ortho intramolecular Hbond substituents is 4. The molecule has 0 unspecified atom stereocenters. The number of ether oxygens (including phenoxy) is 4. The molecule has 12 nitrogen and oxygen atoms in total. The Morgan fingerprint density at radius 3 is 0.690 bits per heavy atom. The molecule has 84 heavy (non-hydrogen) atoms. The number of carbonyl (C=O) groups is 4. The van der Waals surface area contributed by atoms with E-state index >= 15 is 0 Å². The summed E-state index contributed by atoms with van der Waals surface area (Å²) in [5.74, 6) is -1.62. The van der Waals surface area contributed by atoms with E-state index < -0.39 is 93.6 Å². The summed E-state index contributed by atoms with van der Waals surface area (Å²) in [6, 6.07) is 15.2. The zero-order chi connectivity index (χ0) is 64.1.